The van der Waals surface area contributed by atoms with Gasteiger partial charge < -0.3 is 15.6 Å². The van der Waals surface area contributed by atoms with Crippen LogP contribution in [0.2, 0.25) is 0 Å². The van der Waals surface area contributed by atoms with Crippen molar-refractivity contribution in [1.29, 1.82) is 5.41 Å². The van der Waals surface area contributed by atoms with Crippen molar-refractivity contribution in [3.05, 3.63) is 70.6 Å². The third kappa shape index (κ3) is 4.50. The Balaban J connectivity index is 2.21. The van der Waals surface area contributed by atoms with Crippen LogP contribution in [0.5, 0.6) is 0 Å². The maximum atomic E-state index is 12.2. The Bertz CT molecular complexity index is 1050. The summed E-state index contributed by atoms with van der Waals surface area (Å²) in [5.74, 6) is 0.0479. The molecule has 170 valence electrons. The molecule has 0 aromatic heterocycles. The third-order valence-corrected chi connectivity index (χ3v) is 6.36. The number of benzene rings is 1. The summed E-state index contributed by atoms with van der Waals surface area (Å²) in [6.45, 7) is 18.9. The molecule has 1 unspecified atom stereocenters. The van der Waals surface area contributed by atoms with Gasteiger partial charge >= 0.3 is 0 Å². The molecule has 0 fully saturated rings. The van der Waals surface area contributed by atoms with Crippen LogP contribution in [-0.2, 0) is 17.6 Å². The quantitative estimate of drug-likeness (QED) is 0.552. The highest BCUT2D eigenvalue weighted by Crippen LogP contribution is 2.44. The van der Waals surface area contributed by atoms with Crippen molar-refractivity contribution < 1.29 is 4.79 Å². The van der Waals surface area contributed by atoms with Crippen LogP contribution >= 0.6 is 0 Å². The first-order chi connectivity index (χ1) is 15.0. The van der Waals surface area contributed by atoms with Crippen LogP contribution in [0.15, 0.2) is 48.3 Å². The molecule has 0 spiro atoms. The van der Waals surface area contributed by atoms with E-state index in [1.807, 2.05) is 12.4 Å². The fraction of sp³-hybridized carbons (Fsp3) is 0.429. The largest absolute Gasteiger partial charge is 0.388 e. The monoisotopic (exact) mass is 431 g/mol. The number of hydrogen-bond donors (Lipinski definition) is 2. The first-order valence-corrected chi connectivity index (χ1v) is 11.5. The van der Waals surface area contributed by atoms with Crippen molar-refractivity contribution in [1.82, 2.24) is 10.2 Å². The zero-order chi connectivity index (χ0) is 23.8. The van der Waals surface area contributed by atoms with Crippen molar-refractivity contribution in [2.24, 2.45) is 5.41 Å². The molecule has 0 saturated heterocycles. The number of aryl methyl sites for hydroxylation is 1. The molecule has 0 bridgehead atoms. The first kappa shape index (κ1) is 23.8. The molecule has 1 aromatic carbocycles. The number of hydrogen-bond acceptors (Lipinski definition) is 4. The van der Waals surface area contributed by atoms with Gasteiger partial charge in [0.05, 0.1) is 0 Å². The lowest BCUT2D eigenvalue weighted by atomic mass is 9.75. The normalized spacial score (nSPS) is 18.6. The first-order valence-electron chi connectivity index (χ1n) is 11.5. The minimum Gasteiger partial charge on any atom is -0.388 e. The van der Waals surface area contributed by atoms with E-state index in [2.05, 4.69) is 76.5 Å². The Morgan fingerprint density at radius 2 is 2.03 bits per heavy atom. The molecule has 0 aliphatic carbocycles. The van der Waals surface area contributed by atoms with E-state index in [1.165, 1.54) is 22.9 Å². The Labute approximate surface area is 193 Å². The van der Waals surface area contributed by atoms with Gasteiger partial charge in [-0.25, -0.2) is 0 Å². The predicted octanol–water partition coefficient (Wildman–Crippen LogP) is 5.89. The van der Waals surface area contributed by atoms with Crippen molar-refractivity contribution in [2.45, 2.75) is 73.4 Å². The smallest absolute Gasteiger partial charge is 0.161 e. The van der Waals surface area contributed by atoms with Gasteiger partial charge in [0.1, 0.15) is 0 Å². The Hall–Kier alpha value is -2.88. The molecule has 2 aliphatic heterocycles. The van der Waals surface area contributed by atoms with Gasteiger partial charge in [-0.1, -0.05) is 40.3 Å². The lowest BCUT2D eigenvalue weighted by molar-refractivity contribution is -0.113. The summed E-state index contributed by atoms with van der Waals surface area (Å²) in [7, 11) is 0. The number of carbonyl (C=O) groups excluding carboxylic acids is 1. The molecule has 0 saturated carbocycles. The molecule has 4 heteroatoms. The summed E-state index contributed by atoms with van der Waals surface area (Å²) in [4.78, 5) is 14.5. The second-order valence-electron chi connectivity index (χ2n) is 10.2. The van der Waals surface area contributed by atoms with E-state index in [4.69, 9.17) is 5.41 Å². The molecule has 32 heavy (non-hydrogen) atoms. The van der Waals surface area contributed by atoms with Gasteiger partial charge in [0, 0.05) is 53.1 Å². The number of fused-ring (bicyclic) bond motifs is 3. The average molecular weight is 432 g/mol. The van der Waals surface area contributed by atoms with E-state index >= 15 is 0 Å². The van der Waals surface area contributed by atoms with Crippen LogP contribution in [0.3, 0.4) is 0 Å². The summed E-state index contributed by atoms with van der Waals surface area (Å²) in [6, 6.07) is 5.07. The highest BCUT2D eigenvalue weighted by atomic mass is 16.1. The Morgan fingerprint density at radius 1 is 1.34 bits per heavy atom. The molecular formula is C28H37N3O. The van der Waals surface area contributed by atoms with Crippen LogP contribution < -0.4 is 5.32 Å². The van der Waals surface area contributed by atoms with Crippen molar-refractivity contribution >= 4 is 23.3 Å². The topological polar surface area (TPSA) is 56.2 Å². The van der Waals surface area contributed by atoms with E-state index in [0.717, 1.165) is 35.2 Å². The Morgan fingerprint density at radius 3 is 2.56 bits per heavy atom. The maximum Gasteiger partial charge on any atom is 0.161 e. The van der Waals surface area contributed by atoms with E-state index in [1.54, 1.807) is 6.92 Å². The molecule has 1 atom stereocenters. The number of nitrogens with zero attached hydrogens (tertiary/aromatic N) is 1. The van der Waals surface area contributed by atoms with E-state index < -0.39 is 0 Å². The van der Waals surface area contributed by atoms with Gasteiger partial charge in [0.2, 0.25) is 0 Å². The fourth-order valence-electron chi connectivity index (χ4n) is 4.54. The van der Waals surface area contributed by atoms with Gasteiger partial charge in [-0.15, -0.1) is 0 Å². The molecule has 2 heterocycles. The summed E-state index contributed by atoms with van der Waals surface area (Å²) in [5.41, 5.74) is 8.29. The number of nitrogens with one attached hydrogen (secondary N) is 2. The Kier molecular flexibility index (Phi) is 6.64. The van der Waals surface area contributed by atoms with Gasteiger partial charge in [0.15, 0.2) is 5.78 Å². The van der Waals surface area contributed by atoms with Crippen LogP contribution in [0.4, 0.5) is 0 Å². The van der Waals surface area contributed by atoms with Crippen LogP contribution in [0.1, 0.15) is 70.7 Å². The lowest BCUT2D eigenvalue weighted by Crippen LogP contribution is -2.45. The highest BCUT2D eigenvalue weighted by molar-refractivity contribution is 6.09. The minimum atomic E-state index is 0.0108. The minimum absolute atomic E-state index is 0.0108. The summed E-state index contributed by atoms with van der Waals surface area (Å²) >= 11 is 0. The zero-order valence-corrected chi connectivity index (χ0v) is 20.6. The van der Waals surface area contributed by atoms with E-state index in [-0.39, 0.29) is 17.2 Å². The van der Waals surface area contributed by atoms with Gasteiger partial charge in [-0.2, -0.15) is 0 Å². The fourth-order valence-corrected chi connectivity index (χ4v) is 4.54. The summed E-state index contributed by atoms with van der Waals surface area (Å²) in [5, 5.41) is 11.4. The van der Waals surface area contributed by atoms with Gasteiger partial charge in [-0.3, -0.25) is 4.79 Å². The summed E-state index contributed by atoms with van der Waals surface area (Å²) < 4.78 is 0. The lowest BCUT2D eigenvalue weighted by Gasteiger charge is -2.47. The number of carbonyl (C=O) groups is 1. The molecule has 3 rings (SSSR count). The van der Waals surface area contributed by atoms with Gasteiger partial charge in [0.25, 0.3) is 0 Å². The van der Waals surface area contributed by atoms with E-state index in [0.29, 0.717) is 11.6 Å². The highest BCUT2D eigenvalue weighted by Gasteiger charge is 2.38. The van der Waals surface area contributed by atoms with Crippen LogP contribution in [-0.4, -0.2) is 29.0 Å². The SMILES string of the molecule is C=C1C=C2c3cc(CC)c(/C(C=N)=C/NC(C)C)cc3CC(C(C)(C)C)N2C=C1C(C)=O. The standard InChI is InChI=1S/C28H37N3O/c1-9-20-11-24-21(12-23(20)22(14-29)15-30-17(2)3)13-27(28(6,7)8)31-16-25(19(5)32)18(4)10-26(24)31/h10-12,14-17,27,29-30H,4,9,13H2,1-3,5-8H3/b22-15+,29-14?. The van der Waals surface area contributed by atoms with E-state index in [9.17, 15) is 4.79 Å². The molecule has 4 nitrogen and oxygen atoms in total. The zero-order valence-electron chi connectivity index (χ0n) is 20.6. The average Bonchev–Trinajstić information content (AvgIpc) is 2.71. The third-order valence-electron chi connectivity index (χ3n) is 6.36. The maximum absolute atomic E-state index is 12.2. The number of ketones is 1. The molecular weight excluding hydrogens is 394 g/mol. The second kappa shape index (κ2) is 8.93. The van der Waals surface area contributed by atoms with Gasteiger partial charge in [-0.05, 0) is 73.4 Å². The predicted molar refractivity (Wildman–Crippen MR) is 136 cm³/mol. The number of allylic oxidation sites excluding steroid dienone is 4. The van der Waals surface area contributed by atoms with Crippen LogP contribution in [0.25, 0.3) is 11.3 Å². The molecule has 0 radical (unpaired) electrons. The van der Waals surface area contributed by atoms with Crippen molar-refractivity contribution in [3.63, 3.8) is 0 Å². The van der Waals surface area contributed by atoms with Crippen molar-refractivity contribution in [2.75, 3.05) is 0 Å². The molecule has 0 amide bonds. The molecule has 2 N–H and O–H groups in total. The second-order valence-corrected chi connectivity index (χ2v) is 10.2. The van der Waals surface area contributed by atoms with Crippen molar-refractivity contribution in [3.8, 4) is 0 Å². The molecule has 1 aromatic rings. The number of Topliss-reactive ketones (excluding diaryl/α,β-unsaturated/α-hetero) is 1. The summed E-state index contributed by atoms with van der Waals surface area (Å²) in [6.07, 6.45) is 9.23. The molecule has 2 aliphatic rings. The number of rotatable bonds is 6. The van der Waals surface area contributed by atoms with Crippen LogP contribution in [0, 0.1) is 10.8 Å².